The monoisotopic (exact) mass is 373 g/mol. The molecule has 0 aromatic heterocycles. The van der Waals surface area contributed by atoms with Crippen molar-refractivity contribution in [3.05, 3.63) is 0 Å². The maximum atomic E-state index is 8.29. The van der Waals surface area contributed by atoms with Crippen LogP contribution in [0.3, 0.4) is 0 Å². The second-order valence-electron chi connectivity index (χ2n) is 5.35. The molecule has 23 heavy (non-hydrogen) atoms. The van der Waals surface area contributed by atoms with Gasteiger partial charge in [0.25, 0.3) is 0 Å². The Kier molecular flexibility index (Phi) is 58.4. The normalized spacial score (nSPS) is 8.74. The summed E-state index contributed by atoms with van der Waals surface area (Å²) in [6.45, 7) is 7.58. The average molecular weight is 373 g/mol. The topological polar surface area (TPSA) is 77.8 Å². The Hall–Kier alpha value is 0.264. The molecule has 0 aromatic rings. The number of aliphatic hydroxyl groups is 3. The molecule has 0 saturated carbocycles. The van der Waals surface area contributed by atoms with Gasteiger partial charge in [-0.2, -0.15) is 0 Å². The average Bonchev–Trinajstić information content (AvgIpc) is 2.59. The van der Waals surface area contributed by atoms with Crippen LogP contribution in [-0.4, -0.2) is 35.1 Å². The summed E-state index contributed by atoms with van der Waals surface area (Å²) < 4.78 is 8.19. The van der Waals surface area contributed by atoms with Gasteiger partial charge < -0.3 is 15.3 Å². The summed E-state index contributed by atoms with van der Waals surface area (Å²) in [6, 6.07) is 0. The summed E-state index contributed by atoms with van der Waals surface area (Å²) in [4.78, 5) is 0. The van der Waals surface area contributed by atoms with Gasteiger partial charge in [0.1, 0.15) is 0 Å². The van der Waals surface area contributed by atoms with E-state index in [1.165, 1.54) is 57.8 Å². The predicted molar refractivity (Wildman–Crippen MR) is 94.4 cm³/mol. The Bertz CT molecular complexity index is 113. The van der Waals surface area contributed by atoms with E-state index in [-0.39, 0.29) is 0 Å². The Morgan fingerprint density at radius 1 is 0.478 bits per heavy atom. The third kappa shape index (κ3) is 60.8. The second-order valence-corrected chi connectivity index (χ2v) is 5.35. The van der Waals surface area contributed by atoms with Gasteiger partial charge in [-0.3, -0.25) is 0 Å². The third-order valence-electron chi connectivity index (χ3n) is 3.04. The van der Waals surface area contributed by atoms with Crippen LogP contribution in [0.25, 0.3) is 0 Å². The summed E-state index contributed by atoms with van der Waals surface area (Å²) in [5.41, 5.74) is 0. The van der Waals surface area contributed by atoms with Gasteiger partial charge in [-0.1, -0.05) is 78.6 Å². The zero-order valence-electron chi connectivity index (χ0n) is 15.8. The van der Waals surface area contributed by atoms with Crippen molar-refractivity contribution < 1.29 is 36.4 Å². The van der Waals surface area contributed by atoms with Crippen LogP contribution >= 0.6 is 0 Å². The van der Waals surface area contributed by atoms with Crippen LogP contribution in [0.1, 0.15) is 97.8 Å². The molecule has 0 amide bonds. The molecule has 0 aliphatic carbocycles. The van der Waals surface area contributed by atoms with Gasteiger partial charge in [0.05, 0.1) is 0 Å². The molecule has 0 saturated heterocycles. The van der Waals surface area contributed by atoms with Crippen LogP contribution in [0, 0.1) is 0 Å². The second kappa shape index (κ2) is 43.2. The SMILES string of the molecule is CCCCCCO.CCCCCCO.CCCCCCO.[O]=[V]. The standard InChI is InChI=1S/3C6H14O.O.V/c3*1-2-3-4-5-6-7;;/h3*7H,2-6H2,1H3;;. The van der Waals surface area contributed by atoms with E-state index in [0.29, 0.717) is 19.8 Å². The predicted octanol–water partition coefficient (Wildman–Crippen LogP) is 4.56. The molecule has 0 unspecified atom stereocenters. The molecule has 0 atom stereocenters. The fourth-order valence-corrected chi connectivity index (χ4v) is 1.62. The molecule has 0 aliphatic heterocycles. The van der Waals surface area contributed by atoms with Crippen molar-refractivity contribution in [3.8, 4) is 0 Å². The molecule has 0 heterocycles. The molecule has 0 radical (unpaired) electrons. The molecule has 5 heteroatoms. The van der Waals surface area contributed by atoms with Crippen molar-refractivity contribution >= 4 is 0 Å². The first-order valence-corrected chi connectivity index (χ1v) is 9.82. The molecule has 143 valence electrons. The quantitative estimate of drug-likeness (QED) is 0.438. The fourth-order valence-electron chi connectivity index (χ4n) is 1.62. The van der Waals surface area contributed by atoms with Gasteiger partial charge in [-0.05, 0) is 19.3 Å². The van der Waals surface area contributed by atoms with Crippen LogP contribution in [0.4, 0.5) is 0 Å². The molecule has 0 bridgehead atoms. The van der Waals surface area contributed by atoms with Crippen molar-refractivity contribution in [1.29, 1.82) is 0 Å². The number of unbranched alkanes of at least 4 members (excludes halogenated alkanes) is 9. The number of hydrogen-bond acceptors (Lipinski definition) is 4. The molecule has 0 rings (SSSR count). The molecule has 0 aliphatic rings. The first-order valence-electron chi connectivity index (χ1n) is 9.25. The molecular weight excluding hydrogens is 331 g/mol. The zero-order chi connectivity index (χ0) is 18.6. The van der Waals surface area contributed by atoms with Crippen molar-refractivity contribution in [1.82, 2.24) is 0 Å². The van der Waals surface area contributed by atoms with Crippen LogP contribution < -0.4 is 0 Å². The van der Waals surface area contributed by atoms with E-state index in [1.807, 2.05) is 0 Å². The van der Waals surface area contributed by atoms with E-state index in [1.54, 1.807) is 0 Å². The van der Waals surface area contributed by atoms with Gasteiger partial charge in [0.15, 0.2) is 0 Å². The van der Waals surface area contributed by atoms with Crippen LogP contribution in [-0.2, 0) is 21.0 Å². The van der Waals surface area contributed by atoms with E-state index >= 15 is 0 Å². The molecule has 3 N–H and O–H groups in total. The first kappa shape index (κ1) is 31.1. The Balaban J connectivity index is -0.000000111. The van der Waals surface area contributed by atoms with Crippen molar-refractivity contribution in [3.63, 3.8) is 0 Å². The number of hydrogen-bond donors (Lipinski definition) is 3. The van der Waals surface area contributed by atoms with E-state index in [4.69, 9.17) is 19.0 Å². The van der Waals surface area contributed by atoms with E-state index in [0.717, 1.165) is 36.6 Å². The molecular formula is C18H42O4V. The number of aliphatic hydroxyl groups excluding tert-OH is 3. The van der Waals surface area contributed by atoms with Crippen molar-refractivity contribution in [2.75, 3.05) is 19.8 Å². The minimum absolute atomic E-state index is 0.361. The summed E-state index contributed by atoms with van der Waals surface area (Å²) in [6.07, 6.45) is 14.0. The van der Waals surface area contributed by atoms with Crippen LogP contribution in [0.2, 0.25) is 0 Å². The first-order chi connectivity index (χ1) is 11.2. The van der Waals surface area contributed by atoms with E-state index in [9.17, 15) is 0 Å². The minimum atomic E-state index is 0.361. The summed E-state index contributed by atoms with van der Waals surface area (Å²) in [5, 5.41) is 24.9. The van der Waals surface area contributed by atoms with Gasteiger partial charge in [0, 0.05) is 19.8 Å². The Labute approximate surface area is 154 Å². The Morgan fingerprint density at radius 2 is 0.696 bits per heavy atom. The molecule has 0 fully saturated rings. The van der Waals surface area contributed by atoms with Gasteiger partial charge >= 0.3 is 21.0 Å². The third-order valence-corrected chi connectivity index (χ3v) is 3.04. The maximum absolute atomic E-state index is 8.29. The Morgan fingerprint density at radius 3 is 0.826 bits per heavy atom. The molecule has 0 aromatic carbocycles. The summed E-state index contributed by atoms with van der Waals surface area (Å²) in [7, 11) is 0. The van der Waals surface area contributed by atoms with E-state index in [2.05, 4.69) is 20.8 Å². The van der Waals surface area contributed by atoms with Crippen molar-refractivity contribution in [2.45, 2.75) is 97.8 Å². The van der Waals surface area contributed by atoms with Gasteiger partial charge in [-0.15, -0.1) is 0 Å². The van der Waals surface area contributed by atoms with Gasteiger partial charge in [0.2, 0.25) is 0 Å². The summed E-state index contributed by atoms with van der Waals surface area (Å²) in [5.74, 6) is 0. The molecule has 4 nitrogen and oxygen atoms in total. The van der Waals surface area contributed by atoms with Crippen molar-refractivity contribution in [2.24, 2.45) is 0 Å². The fraction of sp³-hybridized carbons (Fsp3) is 1.00. The summed E-state index contributed by atoms with van der Waals surface area (Å²) >= 11 is 1.06. The van der Waals surface area contributed by atoms with Crippen LogP contribution in [0.5, 0.6) is 0 Å². The number of rotatable bonds is 12. The van der Waals surface area contributed by atoms with E-state index < -0.39 is 0 Å². The van der Waals surface area contributed by atoms with Crippen LogP contribution in [0.15, 0.2) is 0 Å². The zero-order valence-corrected chi connectivity index (χ0v) is 17.2. The molecule has 0 spiro atoms. The van der Waals surface area contributed by atoms with Gasteiger partial charge in [-0.25, -0.2) is 0 Å².